The maximum atomic E-state index is 14.3. The molecular formula is C48H52N8O6. The maximum absolute atomic E-state index is 14.3. The molecule has 5 heterocycles. The molecule has 6 fully saturated rings. The van der Waals surface area contributed by atoms with E-state index < -0.39 is 24.6 Å². The van der Waals surface area contributed by atoms with Gasteiger partial charge in [0.25, 0.3) is 5.91 Å². The van der Waals surface area contributed by atoms with Crippen LogP contribution < -0.4 is 10.6 Å². The molecule has 0 spiro atoms. The smallest absolute Gasteiger partial charge is 0.407 e. The number of carbonyl (C=O) groups is 3. The lowest BCUT2D eigenvalue weighted by atomic mass is 9.77. The zero-order chi connectivity index (χ0) is 41.9. The third-order valence-corrected chi connectivity index (χ3v) is 14.4. The predicted molar refractivity (Wildman–Crippen MR) is 227 cm³/mol. The summed E-state index contributed by atoms with van der Waals surface area (Å²) >= 11 is 0. The third-order valence-electron chi connectivity index (χ3n) is 14.4. The number of piperidine rings is 2. The molecule has 6 aliphatic rings. The molecule has 4 N–H and O–H groups in total. The van der Waals surface area contributed by atoms with Gasteiger partial charge in [0.1, 0.15) is 23.7 Å². The second-order valence-corrected chi connectivity index (χ2v) is 18.0. The van der Waals surface area contributed by atoms with Crippen molar-refractivity contribution >= 4 is 17.9 Å². The number of carbonyl (C=O) groups excluding carboxylic acids is 3. The lowest BCUT2D eigenvalue weighted by molar-refractivity contribution is -0.335. The number of amides is 3. The van der Waals surface area contributed by atoms with E-state index in [-0.39, 0.29) is 42.8 Å². The van der Waals surface area contributed by atoms with Crippen LogP contribution in [0.4, 0.5) is 4.79 Å². The first-order valence-electron chi connectivity index (χ1n) is 22.2. The number of hydrogen-bond donors (Lipinski definition) is 4. The van der Waals surface area contributed by atoms with Crippen LogP contribution in [0.2, 0.25) is 0 Å². The second kappa shape index (κ2) is 16.1. The number of nitrogens with zero attached hydrogens (tertiary/aromatic N) is 4. The predicted octanol–water partition coefficient (Wildman–Crippen LogP) is 7.28. The van der Waals surface area contributed by atoms with Crippen LogP contribution in [0.5, 0.6) is 0 Å². The number of rotatable bonds is 12. The molecule has 3 saturated heterocycles. The molecule has 62 heavy (non-hydrogen) atoms. The Bertz CT molecular complexity index is 2410. The Hall–Kier alpha value is -5.83. The fourth-order valence-electron chi connectivity index (χ4n) is 10.8. The van der Waals surface area contributed by atoms with Gasteiger partial charge in [0.2, 0.25) is 12.3 Å². The van der Waals surface area contributed by atoms with Crippen LogP contribution in [0.15, 0.2) is 97.3 Å². The largest absolute Gasteiger partial charge is 0.453 e. The van der Waals surface area contributed by atoms with Gasteiger partial charge in [0.15, 0.2) is 6.79 Å². The van der Waals surface area contributed by atoms with E-state index in [1.165, 1.54) is 12.7 Å². The molecule has 3 amide bonds. The van der Waals surface area contributed by atoms with E-state index in [1.807, 2.05) is 82.9 Å². The molecule has 3 saturated carbocycles. The van der Waals surface area contributed by atoms with E-state index in [0.29, 0.717) is 23.7 Å². The zero-order valence-corrected chi connectivity index (χ0v) is 34.7. The summed E-state index contributed by atoms with van der Waals surface area (Å²) in [5, 5.41) is 6.05. The summed E-state index contributed by atoms with van der Waals surface area (Å²) in [5.41, 5.74) is 6.11. The van der Waals surface area contributed by atoms with Gasteiger partial charge >= 0.3 is 6.09 Å². The summed E-state index contributed by atoms with van der Waals surface area (Å²) in [6.45, 7) is 0.222. The molecule has 3 aliphatic carbocycles. The maximum Gasteiger partial charge on any atom is 0.407 e. The number of aromatic amines is 2. The van der Waals surface area contributed by atoms with Crippen LogP contribution in [0, 0.1) is 11.8 Å². The average Bonchev–Trinajstić information content (AvgIpc) is 3.88. The SMILES string of the molecule is COC(=O)N[C@@H](C(=O)N1C2C[C@@H]2C[C@H]1c1ncc(C2CCC(c3ccc(-c4cnc([C@@H]5C[C@H]6C[C@H]6N5C(=O)[C@H](NC5OCO5)c5ccccc5)[nH]4)cc3)CC2)[nH]1)c1ccccc1. The van der Waals surface area contributed by atoms with Gasteiger partial charge in [-0.2, -0.15) is 0 Å². The van der Waals surface area contributed by atoms with E-state index in [2.05, 4.69) is 44.9 Å². The Morgan fingerprint density at radius 2 is 1.26 bits per heavy atom. The van der Waals surface area contributed by atoms with Crippen LogP contribution in [0.25, 0.3) is 11.3 Å². The summed E-state index contributed by atoms with van der Waals surface area (Å²) in [7, 11) is 1.31. The normalized spacial score (nSPS) is 28.3. The fourth-order valence-corrected chi connectivity index (χ4v) is 10.8. The number of likely N-dealkylation sites (tertiary alicyclic amines) is 2. The minimum atomic E-state index is -0.836. The van der Waals surface area contributed by atoms with Crippen LogP contribution in [-0.2, 0) is 23.8 Å². The summed E-state index contributed by atoms with van der Waals surface area (Å²) in [4.78, 5) is 61.8. The highest BCUT2D eigenvalue weighted by molar-refractivity contribution is 5.88. The number of fused-ring (bicyclic) bond motifs is 2. The molecule has 0 bridgehead atoms. The number of H-pyrrole nitrogens is 2. The molecular weight excluding hydrogens is 785 g/mol. The van der Waals surface area contributed by atoms with Crippen molar-refractivity contribution in [1.82, 2.24) is 40.4 Å². The van der Waals surface area contributed by atoms with Crippen molar-refractivity contribution in [3.63, 3.8) is 0 Å². The Balaban J connectivity index is 0.725. The average molecular weight is 837 g/mol. The molecule has 1 unspecified atom stereocenters. The highest BCUT2D eigenvalue weighted by atomic mass is 16.9. The van der Waals surface area contributed by atoms with Gasteiger partial charge in [0.05, 0.1) is 31.1 Å². The second-order valence-electron chi connectivity index (χ2n) is 18.0. The molecule has 0 radical (unpaired) electrons. The quantitative estimate of drug-likeness (QED) is 0.101. The molecule has 14 heteroatoms. The Labute approximate surface area is 360 Å². The van der Waals surface area contributed by atoms with Crippen molar-refractivity contribution in [1.29, 1.82) is 0 Å². The van der Waals surface area contributed by atoms with Crippen molar-refractivity contribution < 1.29 is 28.6 Å². The highest BCUT2D eigenvalue weighted by Gasteiger charge is 2.57. The molecule has 8 atom stereocenters. The highest BCUT2D eigenvalue weighted by Crippen LogP contribution is 2.55. The molecule has 14 nitrogen and oxygen atoms in total. The number of alkyl carbamates (subject to hydrolysis) is 1. The molecule has 2 aromatic heterocycles. The summed E-state index contributed by atoms with van der Waals surface area (Å²) < 4.78 is 15.8. The first-order valence-corrected chi connectivity index (χ1v) is 22.2. The van der Waals surface area contributed by atoms with Crippen LogP contribution in [0.1, 0.15) is 121 Å². The topological polar surface area (TPSA) is 167 Å². The van der Waals surface area contributed by atoms with Gasteiger partial charge in [-0.1, -0.05) is 84.9 Å². The van der Waals surface area contributed by atoms with Gasteiger partial charge in [0, 0.05) is 29.9 Å². The summed E-state index contributed by atoms with van der Waals surface area (Å²) in [5.74, 6) is 3.33. The van der Waals surface area contributed by atoms with E-state index in [0.717, 1.165) is 91.1 Å². The Morgan fingerprint density at radius 3 is 1.85 bits per heavy atom. The van der Waals surface area contributed by atoms with Gasteiger partial charge in [-0.25, -0.2) is 14.8 Å². The number of methoxy groups -OCH3 is 1. The van der Waals surface area contributed by atoms with E-state index >= 15 is 0 Å². The van der Waals surface area contributed by atoms with Gasteiger partial charge in [-0.3, -0.25) is 14.9 Å². The molecule has 5 aromatic rings. The monoisotopic (exact) mass is 836 g/mol. The first kappa shape index (κ1) is 39.0. The Morgan fingerprint density at radius 1 is 0.694 bits per heavy atom. The minimum absolute atomic E-state index is 0.0163. The summed E-state index contributed by atoms with van der Waals surface area (Å²) in [6, 6.07) is 26.7. The van der Waals surface area contributed by atoms with Gasteiger partial charge in [-0.05, 0) is 91.4 Å². The van der Waals surface area contributed by atoms with Crippen molar-refractivity contribution in [3.8, 4) is 11.3 Å². The number of imidazole rings is 2. The van der Waals surface area contributed by atoms with Crippen molar-refractivity contribution in [3.05, 3.63) is 131 Å². The fraction of sp³-hybridized carbons (Fsp3) is 0.438. The van der Waals surface area contributed by atoms with Gasteiger partial charge < -0.3 is 39.3 Å². The molecule has 3 aliphatic heterocycles. The minimum Gasteiger partial charge on any atom is -0.453 e. The number of benzene rings is 3. The van der Waals surface area contributed by atoms with E-state index in [9.17, 15) is 14.4 Å². The Kier molecular flexibility index (Phi) is 10.2. The van der Waals surface area contributed by atoms with Crippen LogP contribution >= 0.6 is 0 Å². The van der Waals surface area contributed by atoms with Gasteiger partial charge in [-0.15, -0.1) is 0 Å². The molecule has 11 rings (SSSR count). The number of hydrogen-bond acceptors (Lipinski definition) is 9. The van der Waals surface area contributed by atoms with E-state index in [4.69, 9.17) is 24.2 Å². The molecule has 320 valence electrons. The third kappa shape index (κ3) is 7.37. The van der Waals surface area contributed by atoms with Crippen LogP contribution in [-0.4, -0.2) is 80.0 Å². The summed E-state index contributed by atoms with van der Waals surface area (Å²) in [6.07, 6.45) is 10.7. The van der Waals surface area contributed by atoms with E-state index in [1.54, 1.807) is 0 Å². The number of aromatic nitrogens is 4. The standard InChI is InChI=1S/C48H52N8O6/c1-60-47(59)53-41(31-8-4-2-5-9-31)45(57)55-37-20-33(37)22-39(55)43-49-24-35(51-43)29-16-12-27(13-17-29)28-14-18-30(19-15-28)36-25-50-44(52-36)40-23-34-21-38(34)56(40)46(58)42(54-48-61-26-62-48)32-10-6-3-7-11-32/h2-11,14-15,18-19,24-25,27,29,33-34,37-42,48,54H,12-13,16-17,20-23,26H2,1H3,(H,49,51)(H,50,52)(H,53,59)/t27?,29?,33-,34-,37?,38-,39+,40+,41-,42-/m1/s1. The van der Waals surface area contributed by atoms with Crippen molar-refractivity contribution in [2.75, 3.05) is 13.9 Å². The zero-order valence-electron chi connectivity index (χ0n) is 34.7. The van der Waals surface area contributed by atoms with Crippen LogP contribution in [0.3, 0.4) is 0 Å². The first-order chi connectivity index (χ1) is 30.4. The lowest BCUT2D eigenvalue weighted by Gasteiger charge is -2.35. The molecule has 3 aromatic carbocycles. The van der Waals surface area contributed by atoms with Crippen molar-refractivity contribution in [2.45, 2.75) is 106 Å². The van der Waals surface area contributed by atoms with Crippen molar-refractivity contribution in [2.24, 2.45) is 11.8 Å². The lowest BCUT2D eigenvalue weighted by Crippen LogP contribution is -2.50. The number of ether oxygens (including phenoxy) is 3. The number of nitrogens with one attached hydrogen (secondary N) is 4.